The second-order valence-electron chi connectivity index (χ2n) is 5.99. The maximum Gasteiger partial charge on any atom is 0.387 e. The van der Waals surface area contributed by atoms with Crippen molar-refractivity contribution in [3.63, 3.8) is 0 Å². The van der Waals surface area contributed by atoms with Crippen LogP contribution < -0.4 is 10.3 Å². The van der Waals surface area contributed by atoms with Crippen LogP contribution in [0.3, 0.4) is 0 Å². The van der Waals surface area contributed by atoms with E-state index >= 15 is 0 Å². The monoisotopic (exact) mass is 406 g/mol. The van der Waals surface area contributed by atoms with Crippen LogP contribution in [0.15, 0.2) is 58.5 Å². The van der Waals surface area contributed by atoms with E-state index in [0.717, 1.165) is 0 Å². The van der Waals surface area contributed by atoms with E-state index < -0.39 is 6.61 Å². The van der Waals surface area contributed by atoms with Gasteiger partial charge in [-0.1, -0.05) is 42.1 Å². The van der Waals surface area contributed by atoms with E-state index in [9.17, 15) is 13.6 Å². The Kier molecular flexibility index (Phi) is 7.00. The van der Waals surface area contributed by atoms with Crippen LogP contribution in [0.1, 0.15) is 12.0 Å². The summed E-state index contributed by atoms with van der Waals surface area (Å²) in [6, 6.07) is 13.8. The van der Waals surface area contributed by atoms with Gasteiger partial charge < -0.3 is 9.47 Å². The molecule has 0 unspecified atom stereocenters. The Hall–Kier alpha value is -2.45. The second-order valence-corrected chi connectivity index (χ2v) is 6.93. The van der Waals surface area contributed by atoms with Crippen molar-refractivity contribution >= 4 is 22.7 Å². The third-order valence-corrected chi connectivity index (χ3v) is 5.13. The predicted octanol–water partition coefficient (Wildman–Crippen LogP) is 4.33. The molecule has 1 heterocycles. The van der Waals surface area contributed by atoms with Crippen LogP contribution >= 0.6 is 11.8 Å². The summed E-state index contributed by atoms with van der Waals surface area (Å²) in [4.78, 5) is 17.5. The second kappa shape index (κ2) is 9.66. The zero-order valence-electron chi connectivity index (χ0n) is 15.3. The predicted molar refractivity (Wildman–Crippen MR) is 105 cm³/mol. The molecule has 2 aromatic carbocycles. The van der Waals surface area contributed by atoms with Gasteiger partial charge in [0.25, 0.3) is 5.56 Å². The summed E-state index contributed by atoms with van der Waals surface area (Å²) >= 11 is 1.31. The average Bonchev–Trinajstić information content (AvgIpc) is 2.69. The summed E-state index contributed by atoms with van der Waals surface area (Å²) in [5.41, 5.74) is 1.09. The Balaban J connectivity index is 1.91. The van der Waals surface area contributed by atoms with Gasteiger partial charge in [0.1, 0.15) is 5.75 Å². The van der Waals surface area contributed by atoms with Crippen LogP contribution in [0.5, 0.6) is 5.75 Å². The number of thioether (sulfide) groups is 1. The Labute approximate surface area is 165 Å². The molecule has 0 aliphatic carbocycles. The molecule has 0 aliphatic rings. The van der Waals surface area contributed by atoms with Crippen LogP contribution in [0, 0.1) is 0 Å². The van der Waals surface area contributed by atoms with Crippen molar-refractivity contribution in [1.29, 1.82) is 0 Å². The summed E-state index contributed by atoms with van der Waals surface area (Å²) in [5, 5.41) is 1.08. The lowest BCUT2D eigenvalue weighted by Gasteiger charge is -2.14. The van der Waals surface area contributed by atoms with E-state index in [2.05, 4.69) is 9.72 Å². The van der Waals surface area contributed by atoms with Crippen molar-refractivity contribution in [2.75, 3.05) is 13.7 Å². The highest BCUT2D eigenvalue weighted by Crippen LogP contribution is 2.28. The summed E-state index contributed by atoms with van der Waals surface area (Å²) < 4.78 is 36.5. The molecule has 0 aliphatic heterocycles. The number of methoxy groups -OCH3 is 1. The summed E-state index contributed by atoms with van der Waals surface area (Å²) in [7, 11) is 1.61. The lowest BCUT2D eigenvalue weighted by atomic mass is 10.2. The molecule has 0 spiro atoms. The van der Waals surface area contributed by atoms with Crippen molar-refractivity contribution in [3.8, 4) is 5.75 Å². The highest BCUT2D eigenvalue weighted by atomic mass is 32.2. The topological polar surface area (TPSA) is 53.4 Å². The van der Waals surface area contributed by atoms with E-state index in [0.29, 0.717) is 46.9 Å². The fourth-order valence-electron chi connectivity index (χ4n) is 2.80. The fourth-order valence-corrected chi connectivity index (χ4v) is 3.81. The first-order valence-electron chi connectivity index (χ1n) is 8.74. The number of hydrogen-bond acceptors (Lipinski definition) is 5. The van der Waals surface area contributed by atoms with Crippen molar-refractivity contribution < 1.29 is 18.3 Å². The van der Waals surface area contributed by atoms with Gasteiger partial charge in [0.15, 0.2) is 5.16 Å². The van der Waals surface area contributed by atoms with Gasteiger partial charge in [0, 0.05) is 31.6 Å². The highest BCUT2D eigenvalue weighted by Gasteiger charge is 2.14. The number of ether oxygens (including phenoxy) is 2. The molecule has 148 valence electrons. The van der Waals surface area contributed by atoms with Gasteiger partial charge in [-0.15, -0.1) is 0 Å². The quantitative estimate of drug-likeness (QED) is 0.301. The third-order valence-electron chi connectivity index (χ3n) is 4.10. The fraction of sp³-hybridized carbons (Fsp3) is 0.300. The first-order valence-corrected chi connectivity index (χ1v) is 9.72. The zero-order chi connectivity index (χ0) is 19.9. The number of para-hydroxylation sites is 2. The van der Waals surface area contributed by atoms with Gasteiger partial charge in [0.05, 0.1) is 10.9 Å². The first-order chi connectivity index (χ1) is 13.6. The van der Waals surface area contributed by atoms with Crippen LogP contribution in [-0.4, -0.2) is 29.9 Å². The lowest BCUT2D eigenvalue weighted by molar-refractivity contribution is -0.0503. The molecule has 0 saturated heterocycles. The van der Waals surface area contributed by atoms with E-state index in [-0.39, 0.29) is 11.3 Å². The first kappa shape index (κ1) is 20.3. The molecule has 3 aromatic rings. The van der Waals surface area contributed by atoms with Gasteiger partial charge in [-0.25, -0.2) is 4.98 Å². The van der Waals surface area contributed by atoms with E-state index in [4.69, 9.17) is 4.74 Å². The maximum absolute atomic E-state index is 12.9. The van der Waals surface area contributed by atoms with Gasteiger partial charge in [-0.2, -0.15) is 8.78 Å². The van der Waals surface area contributed by atoms with Gasteiger partial charge in [-0.3, -0.25) is 9.36 Å². The molecule has 0 atom stereocenters. The normalized spacial score (nSPS) is 11.3. The molecule has 0 bridgehead atoms. The van der Waals surface area contributed by atoms with Crippen LogP contribution in [0.2, 0.25) is 0 Å². The molecule has 0 radical (unpaired) electrons. The molecule has 0 fully saturated rings. The lowest BCUT2D eigenvalue weighted by Crippen LogP contribution is -2.24. The molecular weight excluding hydrogens is 386 g/mol. The summed E-state index contributed by atoms with van der Waals surface area (Å²) in [6.45, 7) is -1.91. The van der Waals surface area contributed by atoms with Crippen molar-refractivity contribution in [2.24, 2.45) is 0 Å². The molecule has 5 nitrogen and oxygen atoms in total. The Morgan fingerprint density at radius 2 is 1.89 bits per heavy atom. The van der Waals surface area contributed by atoms with Crippen molar-refractivity contribution in [2.45, 2.75) is 30.5 Å². The molecule has 0 amide bonds. The Morgan fingerprint density at radius 1 is 1.14 bits per heavy atom. The maximum atomic E-state index is 12.9. The number of rotatable bonds is 9. The number of nitrogens with zero attached hydrogens (tertiary/aromatic N) is 2. The molecule has 3 rings (SSSR count). The van der Waals surface area contributed by atoms with Crippen molar-refractivity contribution in [3.05, 3.63) is 64.4 Å². The Bertz CT molecular complexity index is 995. The van der Waals surface area contributed by atoms with Crippen LogP contribution in [0.4, 0.5) is 8.78 Å². The number of alkyl halides is 2. The highest BCUT2D eigenvalue weighted by molar-refractivity contribution is 7.98. The third kappa shape index (κ3) is 4.88. The molecule has 28 heavy (non-hydrogen) atoms. The van der Waals surface area contributed by atoms with Gasteiger partial charge in [0.2, 0.25) is 0 Å². The van der Waals surface area contributed by atoms with E-state index in [1.54, 1.807) is 48.1 Å². The minimum Gasteiger partial charge on any atom is -0.435 e. The number of fused-ring (bicyclic) bond motifs is 1. The largest absolute Gasteiger partial charge is 0.435 e. The number of halogens is 2. The molecule has 0 N–H and O–H groups in total. The van der Waals surface area contributed by atoms with Gasteiger partial charge in [-0.05, 0) is 24.6 Å². The molecule has 1 aromatic heterocycles. The number of hydrogen-bond donors (Lipinski definition) is 0. The van der Waals surface area contributed by atoms with Crippen molar-refractivity contribution in [1.82, 2.24) is 9.55 Å². The minimum absolute atomic E-state index is 0.124. The smallest absolute Gasteiger partial charge is 0.387 e. The molecular formula is C20H20F2N2O3S. The average molecular weight is 406 g/mol. The SMILES string of the molecule is COCCCn1c(SCc2ccccc2OC(F)F)nc2ccccc2c1=O. The van der Waals surface area contributed by atoms with E-state index in [1.807, 2.05) is 6.07 Å². The summed E-state index contributed by atoms with van der Waals surface area (Å²) in [5.74, 6) is 0.469. The number of benzene rings is 2. The zero-order valence-corrected chi connectivity index (χ0v) is 16.1. The number of aromatic nitrogens is 2. The van der Waals surface area contributed by atoms with Crippen LogP contribution in [0.25, 0.3) is 10.9 Å². The standard InChI is InChI=1S/C20H20F2N2O3S/c1-26-12-6-11-24-18(25)15-8-3-4-9-16(15)23-20(24)28-13-14-7-2-5-10-17(14)27-19(21)22/h2-5,7-10,19H,6,11-13H2,1H3. The molecule has 0 saturated carbocycles. The van der Waals surface area contributed by atoms with E-state index in [1.165, 1.54) is 17.8 Å². The molecule has 8 heteroatoms. The summed E-state index contributed by atoms with van der Waals surface area (Å²) in [6.07, 6.45) is 0.662. The van der Waals surface area contributed by atoms with Crippen LogP contribution in [-0.2, 0) is 17.0 Å². The minimum atomic E-state index is -2.89. The Morgan fingerprint density at radius 3 is 2.68 bits per heavy atom. The van der Waals surface area contributed by atoms with Gasteiger partial charge >= 0.3 is 6.61 Å².